The fraction of sp³-hybridized carbons (Fsp3) is 0.442. The van der Waals surface area contributed by atoms with Gasteiger partial charge in [-0.05, 0) is 88.8 Å². The minimum Gasteiger partial charge on any atom is -0.507 e. The number of hydrogen-bond donors (Lipinski definition) is 5. The molecule has 2 amide bonds. The highest BCUT2D eigenvalue weighted by atomic mass is 16.8. The smallest absolute Gasteiger partial charge is 0.255 e. The van der Waals surface area contributed by atoms with Crippen LogP contribution in [0.2, 0.25) is 0 Å². The van der Waals surface area contributed by atoms with E-state index < -0.39 is 41.9 Å². The largest absolute Gasteiger partial charge is 0.507 e. The van der Waals surface area contributed by atoms with Gasteiger partial charge in [0.25, 0.3) is 11.8 Å². The van der Waals surface area contributed by atoms with Gasteiger partial charge in [-0.3, -0.25) is 19.2 Å². The Morgan fingerprint density at radius 3 is 1.84 bits per heavy atom. The van der Waals surface area contributed by atoms with Gasteiger partial charge < -0.3 is 54.4 Å². The lowest BCUT2D eigenvalue weighted by molar-refractivity contribution is -0.152. The lowest BCUT2D eigenvalue weighted by atomic mass is 10.0. The monoisotopic (exact) mass is 806 g/mol. The van der Waals surface area contributed by atoms with E-state index in [1.54, 1.807) is 58.2 Å². The van der Waals surface area contributed by atoms with Crippen molar-refractivity contribution in [2.24, 2.45) is 0 Å². The van der Waals surface area contributed by atoms with Gasteiger partial charge in [0.1, 0.15) is 35.2 Å². The summed E-state index contributed by atoms with van der Waals surface area (Å²) in [5.41, 5.74) is 1.48. The standard InChI is InChI=1S/C24H31NO7.C19H23NO6/c1-15-8-6-10-18(26)22-19(31-24(2,3)32-22)11-7-9-16-12-17(29-5)13-20(30-14-28-4)21(16)23(27)25-15;1-11-5-3-7-14(21)18(24)15(22)8-4-6-12-9-13(26-2)10-16(23)17(12)19(25)20-11/h6-7,9-10,12-13,15,19,22H,8,11,14H2,1-5H3,(H,25,27);3-4,6-7,9-11,15,18,22-24H,5,8H2,1-2H3,(H,20,25)/b9-7+,10-6-;6-4+,7-3-/t15?,19-,22?;11?,15-,18?/m00/s1. The molecule has 3 aliphatic heterocycles. The fourth-order valence-electron chi connectivity index (χ4n) is 6.37. The highest BCUT2D eigenvalue weighted by Crippen LogP contribution is 2.34. The van der Waals surface area contributed by atoms with Crippen LogP contribution in [0.25, 0.3) is 12.2 Å². The quantitative estimate of drug-likeness (QED) is 0.266. The number of aromatic hydroxyl groups is 1. The van der Waals surface area contributed by atoms with Crippen molar-refractivity contribution >= 4 is 35.5 Å². The molecule has 0 saturated carbocycles. The number of ketones is 2. The van der Waals surface area contributed by atoms with E-state index in [2.05, 4.69) is 10.6 Å². The number of methoxy groups -OCH3 is 3. The molecule has 1 fully saturated rings. The van der Waals surface area contributed by atoms with Gasteiger partial charge in [0.05, 0.1) is 37.6 Å². The van der Waals surface area contributed by atoms with Crippen LogP contribution in [0, 0.1) is 0 Å². The van der Waals surface area contributed by atoms with Crippen LogP contribution >= 0.6 is 0 Å². The first-order valence-corrected chi connectivity index (χ1v) is 18.9. The molecule has 58 heavy (non-hydrogen) atoms. The molecule has 1 saturated heterocycles. The van der Waals surface area contributed by atoms with Crippen molar-refractivity contribution in [1.29, 1.82) is 0 Å². The second-order valence-corrected chi connectivity index (χ2v) is 14.5. The molecule has 15 heteroatoms. The van der Waals surface area contributed by atoms with Crippen LogP contribution in [0.15, 0.2) is 60.7 Å². The third kappa shape index (κ3) is 12.3. The summed E-state index contributed by atoms with van der Waals surface area (Å²) < 4.78 is 33.0. The van der Waals surface area contributed by atoms with E-state index in [-0.39, 0.29) is 48.3 Å². The lowest BCUT2D eigenvalue weighted by Crippen LogP contribution is -2.34. The second-order valence-electron chi connectivity index (χ2n) is 14.5. The Bertz CT molecular complexity index is 1920. The number of fused-ring (bicyclic) bond motifs is 3. The van der Waals surface area contributed by atoms with Gasteiger partial charge in [-0.25, -0.2) is 0 Å². The van der Waals surface area contributed by atoms with Gasteiger partial charge in [0.15, 0.2) is 24.1 Å². The molecule has 5 N–H and O–H groups in total. The number of benzene rings is 2. The van der Waals surface area contributed by atoms with Crippen molar-refractivity contribution < 1.29 is 62.9 Å². The molecule has 314 valence electrons. The van der Waals surface area contributed by atoms with Crippen LogP contribution in [-0.4, -0.2) is 109 Å². The van der Waals surface area contributed by atoms with E-state index in [1.165, 1.54) is 50.7 Å². The van der Waals surface area contributed by atoms with Crippen molar-refractivity contribution in [2.45, 2.75) is 95.7 Å². The van der Waals surface area contributed by atoms with Crippen LogP contribution in [0.1, 0.15) is 85.2 Å². The molecular weight excluding hydrogens is 752 g/mol. The summed E-state index contributed by atoms with van der Waals surface area (Å²) in [5.74, 6) is -1.32. The van der Waals surface area contributed by atoms with Crippen LogP contribution in [0.4, 0.5) is 0 Å². The minimum atomic E-state index is -1.53. The second kappa shape index (κ2) is 20.9. The van der Waals surface area contributed by atoms with E-state index in [4.69, 9.17) is 28.4 Å². The molecule has 0 radical (unpaired) electrons. The van der Waals surface area contributed by atoms with E-state index in [1.807, 2.05) is 13.0 Å². The van der Waals surface area contributed by atoms with Gasteiger partial charge in [0.2, 0.25) is 0 Å². The number of hydrogen-bond acceptors (Lipinski definition) is 13. The molecular formula is C43H54N2O13. The zero-order chi connectivity index (χ0) is 42.6. The number of carbonyl (C=O) groups is 4. The molecule has 2 aromatic rings. The van der Waals surface area contributed by atoms with E-state index >= 15 is 0 Å². The number of ether oxygens (including phenoxy) is 6. The molecule has 0 aromatic heterocycles. The maximum Gasteiger partial charge on any atom is 0.255 e. The summed E-state index contributed by atoms with van der Waals surface area (Å²) in [7, 11) is 4.50. The van der Waals surface area contributed by atoms with Gasteiger partial charge in [0, 0.05) is 31.3 Å². The maximum atomic E-state index is 13.2. The van der Waals surface area contributed by atoms with Crippen LogP contribution in [0.3, 0.4) is 0 Å². The zero-order valence-electron chi connectivity index (χ0n) is 33.9. The number of nitrogens with one attached hydrogen (secondary N) is 2. The van der Waals surface area contributed by atoms with E-state index in [9.17, 15) is 34.5 Å². The number of rotatable bonds is 5. The summed E-state index contributed by atoms with van der Waals surface area (Å²) in [6.45, 7) is 7.19. The first-order valence-electron chi connectivity index (χ1n) is 18.9. The normalized spacial score (nSPS) is 27.3. The summed E-state index contributed by atoms with van der Waals surface area (Å²) in [6.07, 6.45) is 10.0. The average Bonchev–Trinajstić information content (AvgIpc) is 3.49. The molecule has 0 bridgehead atoms. The Balaban J connectivity index is 0.000000262. The molecule has 3 aliphatic rings. The Labute approximate surface area is 338 Å². The number of phenolic OH excluding ortho intramolecular Hbond substituents is 1. The molecule has 4 unspecified atom stereocenters. The SMILES string of the molecule is COCOc1cc(OC)cc2c1C(=O)NC(C)C/C=C\C(=O)C1OC(C)(C)O[C@H]1C/C=C/2.COc1cc(O)c2c(c1)/C=C/C[C@H](O)C(O)C(=O)/C=C\CC(C)NC2=O. The average molecular weight is 807 g/mol. The molecule has 0 spiro atoms. The van der Waals surface area contributed by atoms with E-state index in [0.29, 0.717) is 53.2 Å². The highest BCUT2D eigenvalue weighted by Gasteiger charge is 2.43. The van der Waals surface area contributed by atoms with Crippen LogP contribution in [0.5, 0.6) is 23.0 Å². The summed E-state index contributed by atoms with van der Waals surface area (Å²) in [4.78, 5) is 50.3. The van der Waals surface area contributed by atoms with Gasteiger partial charge in [-0.1, -0.05) is 36.5 Å². The minimum absolute atomic E-state index is 0.00379. The first-order chi connectivity index (χ1) is 27.6. The topological polar surface area (TPSA) is 208 Å². The fourth-order valence-corrected chi connectivity index (χ4v) is 6.37. The van der Waals surface area contributed by atoms with Crippen LogP contribution < -0.4 is 24.8 Å². The van der Waals surface area contributed by atoms with Crippen LogP contribution in [-0.2, 0) is 23.8 Å². The molecule has 2 aromatic carbocycles. The Kier molecular flexibility index (Phi) is 16.4. The van der Waals surface area contributed by atoms with Crippen molar-refractivity contribution in [3.05, 3.63) is 83.0 Å². The molecule has 5 rings (SSSR count). The lowest BCUT2D eigenvalue weighted by Gasteiger charge is -2.18. The number of amides is 2. The number of phenols is 1. The van der Waals surface area contributed by atoms with Gasteiger partial charge >= 0.3 is 0 Å². The number of aliphatic hydroxyl groups is 2. The first kappa shape index (κ1) is 45.4. The third-order valence-corrected chi connectivity index (χ3v) is 9.24. The van der Waals surface area contributed by atoms with Crippen molar-refractivity contribution in [3.63, 3.8) is 0 Å². The Morgan fingerprint density at radius 1 is 0.707 bits per heavy atom. The third-order valence-electron chi connectivity index (χ3n) is 9.24. The van der Waals surface area contributed by atoms with Crippen molar-refractivity contribution in [3.8, 4) is 23.0 Å². The molecule has 6 atom stereocenters. The summed E-state index contributed by atoms with van der Waals surface area (Å²) >= 11 is 0. The summed E-state index contributed by atoms with van der Waals surface area (Å²) in [6, 6.07) is 5.82. The van der Waals surface area contributed by atoms with Gasteiger partial charge in [-0.15, -0.1) is 0 Å². The van der Waals surface area contributed by atoms with E-state index in [0.717, 1.165) is 0 Å². The Morgan fingerprint density at radius 2 is 1.24 bits per heavy atom. The van der Waals surface area contributed by atoms with Crippen molar-refractivity contribution in [1.82, 2.24) is 10.6 Å². The number of aliphatic hydroxyl groups excluding tert-OH is 2. The summed E-state index contributed by atoms with van der Waals surface area (Å²) in [5, 5.41) is 35.8. The highest BCUT2D eigenvalue weighted by molar-refractivity contribution is 6.02. The molecule has 3 heterocycles. The predicted octanol–water partition coefficient (Wildman–Crippen LogP) is 4.42. The zero-order valence-corrected chi connectivity index (χ0v) is 33.9. The number of carbonyl (C=O) groups excluding carboxylic acids is 4. The van der Waals surface area contributed by atoms with Gasteiger partial charge in [-0.2, -0.15) is 0 Å². The molecule has 15 nitrogen and oxygen atoms in total. The molecule has 0 aliphatic carbocycles. The predicted molar refractivity (Wildman–Crippen MR) is 215 cm³/mol. The van der Waals surface area contributed by atoms with Crippen molar-refractivity contribution in [2.75, 3.05) is 28.1 Å². The Hall–Kier alpha value is -5.32. The maximum absolute atomic E-state index is 13.2.